The SMILES string of the molecule is O=C1OC(c2cc([N+](=O)[O-])ccc2Cl)=N/C1=C\c1ccc(OC(=O)c2ccc(Cl)cc2)cc1. The maximum atomic E-state index is 12.2. The Morgan fingerprint density at radius 1 is 1.03 bits per heavy atom. The number of esters is 2. The van der Waals surface area contributed by atoms with Crippen LogP contribution in [0.2, 0.25) is 10.0 Å². The van der Waals surface area contributed by atoms with Gasteiger partial charge in [0.2, 0.25) is 5.90 Å². The fraction of sp³-hybridized carbons (Fsp3) is 0. The molecule has 0 amide bonds. The second-order valence-corrected chi connectivity index (χ2v) is 7.57. The standard InChI is InChI=1S/C23H12Cl2N2O6/c24-15-5-3-14(4-6-15)22(28)32-17-8-1-13(2-9-17)11-20-23(29)33-21(26-20)18-12-16(27(30)31)7-10-19(18)25/h1-12H/b20-11-. The molecule has 0 saturated heterocycles. The number of nitro benzene ring substituents is 1. The highest BCUT2D eigenvalue weighted by Crippen LogP contribution is 2.27. The van der Waals surface area contributed by atoms with Crippen molar-refractivity contribution in [3.63, 3.8) is 0 Å². The molecule has 0 bridgehead atoms. The van der Waals surface area contributed by atoms with E-state index in [9.17, 15) is 19.7 Å². The third kappa shape index (κ3) is 5.08. The van der Waals surface area contributed by atoms with Crippen molar-refractivity contribution in [2.24, 2.45) is 4.99 Å². The van der Waals surface area contributed by atoms with Gasteiger partial charge in [0.05, 0.1) is 21.1 Å². The number of halogens is 2. The van der Waals surface area contributed by atoms with Gasteiger partial charge in [-0.25, -0.2) is 14.6 Å². The molecule has 1 aliphatic rings. The number of nitrogens with zero attached hydrogens (tertiary/aromatic N) is 2. The summed E-state index contributed by atoms with van der Waals surface area (Å²) in [7, 11) is 0. The van der Waals surface area contributed by atoms with Gasteiger partial charge in [-0.05, 0) is 54.1 Å². The Hall–Kier alpha value is -4.01. The Morgan fingerprint density at radius 2 is 1.73 bits per heavy atom. The second kappa shape index (κ2) is 9.23. The normalized spacial score (nSPS) is 14.1. The third-order valence-electron chi connectivity index (χ3n) is 4.49. The van der Waals surface area contributed by atoms with Crippen LogP contribution < -0.4 is 4.74 Å². The van der Waals surface area contributed by atoms with Crippen LogP contribution >= 0.6 is 23.2 Å². The first-order valence-electron chi connectivity index (χ1n) is 9.35. The van der Waals surface area contributed by atoms with Gasteiger partial charge in [0.1, 0.15) is 5.75 Å². The van der Waals surface area contributed by atoms with E-state index in [2.05, 4.69) is 4.99 Å². The molecular formula is C23H12Cl2N2O6. The van der Waals surface area contributed by atoms with E-state index >= 15 is 0 Å². The molecule has 33 heavy (non-hydrogen) atoms. The molecule has 0 atom stereocenters. The second-order valence-electron chi connectivity index (χ2n) is 6.72. The molecule has 0 aromatic heterocycles. The van der Waals surface area contributed by atoms with E-state index < -0.39 is 16.9 Å². The van der Waals surface area contributed by atoms with Crippen LogP contribution in [0.1, 0.15) is 21.5 Å². The van der Waals surface area contributed by atoms with E-state index in [1.807, 2.05) is 0 Å². The van der Waals surface area contributed by atoms with Crippen LogP contribution in [0.25, 0.3) is 6.08 Å². The molecule has 0 unspecified atom stereocenters. The Labute approximate surface area is 196 Å². The Morgan fingerprint density at radius 3 is 2.39 bits per heavy atom. The predicted octanol–water partition coefficient (Wildman–Crippen LogP) is 5.47. The highest BCUT2D eigenvalue weighted by Gasteiger charge is 2.27. The zero-order chi connectivity index (χ0) is 23.5. The van der Waals surface area contributed by atoms with Crippen molar-refractivity contribution in [3.05, 3.63) is 109 Å². The Kier molecular flexibility index (Phi) is 6.21. The summed E-state index contributed by atoms with van der Waals surface area (Å²) in [6, 6.07) is 16.4. The van der Waals surface area contributed by atoms with E-state index in [1.165, 1.54) is 24.3 Å². The summed E-state index contributed by atoms with van der Waals surface area (Å²) in [5, 5.41) is 11.7. The van der Waals surface area contributed by atoms with Gasteiger partial charge in [0.25, 0.3) is 5.69 Å². The van der Waals surface area contributed by atoms with Gasteiger partial charge in [0, 0.05) is 17.2 Å². The van der Waals surface area contributed by atoms with Gasteiger partial charge < -0.3 is 9.47 Å². The smallest absolute Gasteiger partial charge is 0.363 e. The molecule has 0 saturated carbocycles. The van der Waals surface area contributed by atoms with Crippen LogP contribution in [0.4, 0.5) is 5.69 Å². The van der Waals surface area contributed by atoms with E-state index in [0.29, 0.717) is 21.9 Å². The average molecular weight is 483 g/mol. The Balaban J connectivity index is 1.52. The molecule has 8 nitrogen and oxygen atoms in total. The summed E-state index contributed by atoms with van der Waals surface area (Å²) in [5.41, 5.74) is 0.837. The molecule has 0 aliphatic carbocycles. The average Bonchev–Trinajstić information content (AvgIpc) is 3.15. The molecule has 0 radical (unpaired) electrons. The van der Waals surface area contributed by atoms with Crippen molar-refractivity contribution in [3.8, 4) is 5.75 Å². The number of rotatable bonds is 5. The number of aliphatic imine (C=N–C) groups is 1. The lowest BCUT2D eigenvalue weighted by molar-refractivity contribution is -0.384. The topological polar surface area (TPSA) is 108 Å². The summed E-state index contributed by atoms with van der Waals surface area (Å²) < 4.78 is 10.5. The minimum Gasteiger partial charge on any atom is -0.423 e. The lowest BCUT2D eigenvalue weighted by Gasteiger charge is -2.05. The third-order valence-corrected chi connectivity index (χ3v) is 5.07. The maximum absolute atomic E-state index is 12.2. The zero-order valence-corrected chi connectivity index (χ0v) is 18.0. The van der Waals surface area contributed by atoms with Crippen molar-refractivity contribution in [1.82, 2.24) is 0 Å². The van der Waals surface area contributed by atoms with Crippen LogP contribution in [0.3, 0.4) is 0 Å². The quantitative estimate of drug-likeness (QED) is 0.157. The van der Waals surface area contributed by atoms with Crippen LogP contribution in [-0.4, -0.2) is 22.8 Å². The number of cyclic esters (lactones) is 1. The maximum Gasteiger partial charge on any atom is 0.363 e. The summed E-state index contributed by atoms with van der Waals surface area (Å²) in [6.45, 7) is 0. The van der Waals surface area contributed by atoms with Crippen molar-refractivity contribution >= 4 is 52.8 Å². The number of hydrogen-bond acceptors (Lipinski definition) is 7. The fourth-order valence-electron chi connectivity index (χ4n) is 2.86. The summed E-state index contributed by atoms with van der Waals surface area (Å²) in [6.07, 6.45) is 1.46. The Bertz CT molecular complexity index is 1330. The lowest BCUT2D eigenvalue weighted by atomic mass is 10.2. The van der Waals surface area contributed by atoms with E-state index in [4.69, 9.17) is 32.7 Å². The summed E-state index contributed by atoms with van der Waals surface area (Å²) in [4.78, 5) is 38.9. The number of benzene rings is 3. The van der Waals surface area contributed by atoms with Gasteiger partial charge in [0.15, 0.2) is 5.70 Å². The molecule has 0 N–H and O–H groups in total. The number of carbonyl (C=O) groups excluding carboxylic acids is 2. The van der Waals surface area contributed by atoms with Gasteiger partial charge in [-0.3, -0.25) is 10.1 Å². The molecule has 3 aromatic carbocycles. The van der Waals surface area contributed by atoms with Crippen molar-refractivity contribution < 1.29 is 24.0 Å². The molecule has 1 aliphatic heterocycles. The van der Waals surface area contributed by atoms with Gasteiger partial charge in [-0.15, -0.1) is 0 Å². The molecule has 0 spiro atoms. The van der Waals surface area contributed by atoms with Crippen LogP contribution in [0.15, 0.2) is 77.4 Å². The molecule has 4 rings (SSSR count). The molecule has 1 heterocycles. The lowest BCUT2D eigenvalue weighted by Crippen LogP contribution is -2.08. The monoisotopic (exact) mass is 482 g/mol. The number of non-ortho nitro benzene ring substituents is 1. The first-order chi connectivity index (χ1) is 15.8. The first kappa shape index (κ1) is 22.2. The van der Waals surface area contributed by atoms with Crippen molar-refractivity contribution in [2.45, 2.75) is 0 Å². The number of nitro groups is 1. The predicted molar refractivity (Wildman–Crippen MR) is 122 cm³/mol. The van der Waals surface area contributed by atoms with Gasteiger partial charge in [-0.1, -0.05) is 35.3 Å². The highest BCUT2D eigenvalue weighted by atomic mass is 35.5. The first-order valence-corrected chi connectivity index (χ1v) is 10.1. The van der Waals surface area contributed by atoms with E-state index in [1.54, 1.807) is 48.5 Å². The van der Waals surface area contributed by atoms with Crippen molar-refractivity contribution in [1.29, 1.82) is 0 Å². The van der Waals surface area contributed by atoms with E-state index in [0.717, 1.165) is 0 Å². The summed E-state index contributed by atoms with van der Waals surface area (Å²) in [5.74, 6) is -1.10. The zero-order valence-electron chi connectivity index (χ0n) is 16.5. The van der Waals surface area contributed by atoms with Crippen molar-refractivity contribution in [2.75, 3.05) is 0 Å². The van der Waals surface area contributed by atoms with Gasteiger partial charge >= 0.3 is 11.9 Å². The summed E-state index contributed by atoms with van der Waals surface area (Å²) >= 11 is 11.9. The van der Waals surface area contributed by atoms with Crippen LogP contribution in [0, 0.1) is 10.1 Å². The van der Waals surface area contributed by atoms with E-state index in [-0.39, 0.29) is 27.9 Å². The highest BCUT2D eigenvalue weighted by molar-refractivity contribution is 6.34. The van der Waals surface area contributed by atoms with Crippen LogP contribution in [-0.2, 0) is 9.53 Å². The molecule has 0 fully saturated rings. The van der Waals surface area contributed by atoms with Gasteiger partial charge in [-0.2, -0.15) is 0 Å². The number of carbonyl (C=O) groups is 2. The minimum absolute atomic E-state index is 0.0153. The minimum atomic E-state index is -0.731. The molecular weight excluding hydrogens is 471 g/mol. The largest absolute Gasteiger partial charge is 0.423 e. The fourth-order valence-corrected chi connectivity index (χ4v) is 3.18. The molecule has 3 aromatic rings. The molecule has 10 heteroatoms. The number of hydrogen-bond donors (Lipinski definition) is 0. The molecule has 164 valence electrons. The number of ether oxygens (including phenoxy) is 2. The van der Waals surface area contributed by atoms with Crippen LogP contribution in [0.5, 0.6) is 5.75 Å².